The zero-order valence-corrected chi connectivity index (χ0v) is 15.4. The summed E-state index contributed by atoms with van der Waals surface area (Å²) in [6.07, 6.45) is 9.51. The quantitative estimate of drug-likeness (QED) is 0.776. The Morgan fingerprint density at radius 3 is 2.56 bits per heavy atom. The average Bonchev–Trinajstić information content (AvgIpc) is 2.66. The minimum atomic E-state index is 0.209. The van der Waals surface area contributed by atoms with Crippen LogP contribution < -0.4 is 15.5 Å². The molecule has 3 rings (SSSR count). The van der Waals surface area contributed by atoms with E-state index in [1.165, 1.54) is 38.5 Å². The molecule has 1 aliphatic carbocycles. The fraction of sp³-hybridized carbons (Fsp3) is 0.737. The number of hydrogen-bond donors (Lipinski definition) is 2. The van der Waals surface area contributed by atoms with E-state index in [0.717, 1.165) is 37.4 Å². The highest BCUT2D eigenvalue weighted by atomic mass is 16.1. The number of anilines is 2. The summed E-state index contributed by atoms with van der Waals surface area (Å²) in [5.41, 5.74) is 0.976. The van der Waals surface area contributed by atoms with Crippen LogP contribution in [-0.4, -0.2) is 42.1 Å². The molecule has 1 aromatic heterocycles. The first-order valence-corrected chi connectivity index (χ1v) is 9.84. The van der Waals surface area contributed by atoms with Crippen LogP contribution in [0.25, 0.3) is 0 Å². The standard InChI is InChI=1S/C19H31N5O/c1-15-14-17(24-12-6-3-7-13-24)23-19(22-15)21-11-10-20-18(25)16-8-4-2-5-9-16/h14,16H,2-13H2,1H3,(H,20,25)(H,21,22,23). The number of carbonyl (C=O) groups is 1. The first-order chi connectivity index (χ1) is 12.2. The van der Waals surface area contributed by atoms with Crippen LogP contribution in [0.15, 0.2) is 6.07 Å². The summed E-state index contributed by atoms with van der Waals surface area (Å²) in [5.74, 6) is 2.10. The van der Waals surface area contributed by atoms with Gasteiger partial charge < -0.3 is 15.5 Å². The summed E-state index contributed by atoms with van der Waals surface area (Å²) in [6.45, 7) is 5.43. The largest absolute Gasteiger partial charge is 0.356 e. The van der Waals surface area contributed by atoms with Crippen LogP contribution in [0.2, 0.25) is 0 Å². The van der Waals surface area contributed by atoms with Gasteiger partial charge in [-0.25, -0.2) is 4.98 Å². The molecular formula is C19H31N5O. The number of rotatable bonds is 6. The van der Waals surface area contributed by atoms with Gasteiger partial charge in [0.25, 0.3) is 0 Å². The maximum atomic E-state index is 12.1. The molecule has 0 bridgehead atoms. The third kappa shape index (κ3) is 5.31. The lowest BCUT2D eigenvalue weighted by Gasteiger charge is -2.28. The molecule has 2 N–H and O–H groups in total. The molecule has 1 aliphatic heterocycles. The molecular weight excluding hydrogens is 314 g/mol. The molecule has 25 heavy (non-hydrogen) atoms. The topological polar surface area (TPSA) is 70.2 Å². The van der Waals surface area contributed by atoms with E-state index in [0.29, 0.717) is 19.0 Å². The predicted molar refractivity (Wildman–Crippen MR) is 101 cm³/mol. The lowest BCUT2D eigenvalue weighted by atomic mass is 9.89. The Morgan fingerprint density at radius 1 is 1.08 bits per heavy atom. The molecule has 1 amide bonds. The van der Waals surface area contributed by atoms with Crippen molar-refractivity contribution in [1.29, 1.82) is 0 Å². The molecule has 0 spiro atoms. The van der Waals surface area contributed by atoms with Gasteiger partial charge in [0.15, 0.2) is 0 Å². The van der Waals surface area contributed by atoms with Crippen LogP contribution in [0.4, 0.5) is 11.8 Å². The maximum Gasteiger partial charge on any atom is 0.224 e. The summed E-state index contributed by atoms with van der Waals surface area (Å²) in [7, 11) is 0. The predicted octanol–water partition coefficient (Wildman–Crippen LogP) is 2.88. The summed E-state index contributed by atoms with van der Waals surface area (Å²) >= 11 is 0. The molecule has 2 fully saturated rings. The maximum absolute atomic E-state index is 12.1. The molecule has 0 aromatic carbocycles. The number of aromatic nitrogens is 2. The fourth-order valence-electron chi connectivity index (χ4n) is 3.79. The van der Waals surface area contributed by atoms with Crippen molar-refractivity contribution >= 4 is 17.7 Å². The Bertz CT molecular complexity index is 565. The van der Waals surface area contributed by atoms with Gasteiger partial charge in [-0.2, -0.15) is 4.98 Å². The van der Waals surface area contributed by atoms with Gasteiger partial charge in [0, 0.05) is 43.9 Å². The summed E-state index contributed by atoms with van der Waals surface area (Å²) in [4.78, 5) is 23.6. The fourth-order valence-corrected chi connectivity index (χ4v) is 3.79. The SMILES string of the molecule is Cc1cc(N2CCCCC2)nc(NCCNC(=O)C2CCCCC2)n1. The van der Waals surface area contributed by atoms with E-state index < -0.39 is 0 Å². The molecule has 0 atom stereocenters. The number of carbonyl (C=O) groups excluding carboxylic acids is 1. The van der Waals surface area contributed by atoms with Crippen molar-refractivity contribution in [1.82, 2.24) is 15.3 Å². The van der Waals surface area contributed by atoms with Crippen molar-refractivity contribution in [3.63, 3.8) is 0 Å². The molecule has 2 heterocycles. The van der Waals surface area contributed by atoms with Crippen LogP contribution >= 0.6 is 0 Å². The number of piperidine rings is 1. The van der Waals surface area contributed by atoms with E-state index in [-0.39, 0.29) is 11.8 Å². The number of hydrogen-bond acceptors (Lipinski definition) is 5. The summed E-state index contributed by atoms with van der Waals surface area (Å²) in [5, 5.41) is 6.31. The molecule has 2 aliphatic rings. The Labute approximate surface area is 150 Å². The van der Waals surface area contributed by atoms with Gasteiger partial charge in [-0.05, 0) is 39.0 Å². The van der Waals surface area contributed by atoms with Crippen molar-refractivity contribution in [2.45, 2.75) is 58.3 Å². The first kappa shape index (κ1) is 18.0. The van der Waals surface area contributed by atoms with Gasteiger partial charge in [-0.15, -0.1) is 0 Å². The van der Waals surface area contributed by atoms with Gasteiger partial charge in [0.05, 0.1) is 0 Å². The molecule has 6 heteroatoms. The van der Waals surface area contributed by atoms with Crippen molar-refractivity contribution in [2.24, 2.45) is 5.92 Å². The summed E-state index contributed by atoms with van der Waals surface area (Å²) in [6, 6.07) is 2.06. The highest BCUT2D eigenvalue weighted by Crippen LogP contribution is 2.23. The van der Waals surface area contributed by atoms with Crippen LogP contribution in [0, 0.1) is 12.8 Å². The van der Waals surface area contributed by atoms with Crippen molar-refractivity contribution in [2.75, 3.05) is 36.4 Å². The van der Waals surface area contributed by atoms with E-state index in [9.17, 15) is 4.79 Å². The van der Waals surface area contributed by atoms with Gasteiger partial charge in [-0.1, -0.05) is 19.3 Å². The lowest BCUT2D eigenvalue weighted by Crippen LogP contribution is -2.35. The smallest absolute Gasteiger partial charge is 0.224 e. The Balaban J connectivity index is 1.46. The molecule has 0 radical (unpaired) electrons. The minimum Gasteiger partial charge on any atom is -0.356 e. The highest BCUT2D eigenvalue weighted by molar-refractivity contribution is 5.78. The van der Waals surface area contributed by atoms with Crippen LogP contribution in [0.5, 0.6) is 0 Å². The average molecular weight is 345 g/mol. The van der Waals surface area contributed by atoms with E-state index >= 15 is 0 Å². The molecule has 1 saturated heterocycles. The Hall–Kier alpha value is -1.85. The molecule has 6 nitrogen and oxygen atoms in total. The highest BCUT2D eigenvalue weighted by Gasteiger charge is 2.20. The second-order valence-electron chi connectivity index (χ2n) is 7.29. The second kappa shape index (κ2) is 9.02. The van der Waals surface area contributed by atoms with Gasteiger partial charge in [-0.3, -0.25) is 4.79 Å². The van der Waals surface area contributed by atoms with Crippen molar-refractivity contribution in [3.8, 4) is 0 Å². The summed E-state index contributed by atoms with van der Waals surface area (Å²) < 4.78 is 0. The van der Waals surface area contributed by atoms with E-state index in [2.05, 4.69) is 31.6 Å². The normalized spacial score (nSPS) is 18.8. The van der Waals surface area contributed by atoms with E-state index in [4.69, 9.17) is 0 Å². The Kier molecular flexibility index (Phi) is 6.48. The van der Waals surface area contributed by atoms with E-state index in [1.54, 1.807) is 0 Å². The van der Waals surface area contributed by atoms with Gasteiger partial charge in [0.1, 0.15) is 5.82 Å². The zero-order valence-electron chi connectivity index (χ0n) is 15.4. The van der Waals surface area contributed by atoms with Crippen LogP contribution in [0.3, 0.4) is 0 Å². The number of nitrogens with one attached hydrogen (secondary N) is 2. The second-order valence-corrected chi connectivity index (χ2v) is 7.29. The van der Waals surface area contributed by atoms with Crippen LogP contribution in [-0.2, 0) is 4.79 Å². The van der Waals surface area contributed by atoms with Gasteiger partial charge in [0.2, 0.25) is 11.9 Å². The van der Waals surface area contributed by atoms with Crippen LogP contribution in [0.1, 0.15) is 57.1 Å². The number of aryl methyl sites for hydroxylation is 1. The van der Waals surface area contributed by atoms with Crippen molar-refractivity contribution in [3.05, 3.63) is 11.8 Å². The van der Waals surface area contributed by atoms with E-state index in [1.807, 2.05) is 6.92 Å². The third-order valence-electron chi connectivity index (χ3n) is 5.20. The number of amides is 1. The third-order valence-corrected chi connectivity index (χ3v) is 5.20. The first-order valence-electron chi connectivity index (χ1n) is 9.84. The molecule has 1 saturated carbocycles. The lowest BCUT2D eigenvalue weighted by molar-refractivity contribution is -0.125. The number of nitrogens with zero attached hydrogens (tertiary/aromatic N) is 3. The Morgan fingerprint density at radius 2 is 1.80 bits per heavy atom. The molecule has 0 unspecified atom stereocenters. The molecule has 138 valence electrons. The van der Waals surface area contributed by atoms with Gasteiger partial charge >= 0.3 is 0 Å². The minimum absolute atomic E-state index is 0.209. The monoisotopic (exact) mass is 345 g/mol. The zero-order chi connectivity index (χ0) is 17.5. The van der Waals surface area contributed by atoms with Crippen molar-refractivity contribution < 1.29 is 4.79 Å². The molecule has 1 aromatic rings.